The van der Waals surface area contributed by atoms with Gasteiger partial charge in [0.25, 0.3) is 5.91 Å². The van der Waals surface area contributed by atoms with Crippen LogP contribution in [0.3, 0.4) is 0 Å². The third kappa shape index (κ3) is 5.49. The SMILES string of the molecule is CC(C)C(NC(=O)c1ccccc1Cl)C(=O)OCC(=O)c1ccc2c(c1)CCC(=O)N2. The van der Waals surface area contributed by atoms with Gasteiger partial charge < -0.3 is 15.4 Å². The molecule has 3 rings (SSSR count). The number of fused-ring (bicyclic) bond motifs is 1. The average Bonchev–Trinajstić information content (AvgIpc) is 2.75. The second-order valence-electron chi connectivity index (χ2n) is 7.63. The third-order valence-corrected chi connectivity index (χ3v) is 5.32. The molecule has 8 heteroatoms. The molecule has 1 unspecified atom stereocenters. The van der Waals surface area contributed by atoms with E-state index in [2.05, 4.69) is 10.6 Å². The number of aryl methyl sites for hydroxylation is 1. The molecule has 0 saturated heterocycles. The normalized spacial score (nSPS) is 13.7. The molecular weight excluding hydrogens is 420 g/mol. The number of nitrogens with one attached hydrogen (secondary N) is 2. The van der Waals surface area contributed by atoms with E-state index in [1.54, 1.807) is 56.3 Å². The Morgan fingerprint density at radius 2 is 1.87 bits per heavy atom. The van der Waals surface area contributed by atoms with Crippen molar-refractivity contribution in [2.45, 2.75) is 32.7 Å². The molecule has 0 spiro atoms. The first kappa shape index (κ1) is 22.5. The van der Waals surface area contributed by atoms with E-state index in [0.717, 1.165) is 5.56 Å². The number of Topliss-reactive ketones (excluding diaryl/α,β-unsaturated/α-hetero) is 1. The van der Waals surface area contributed by atoms with Crippen molar-refractivity contribution in [1.82, 2.24) is 5.32 Å². The lowest BCUT2D eigenvalue weighted by molar-refractivity contribution is -0.146. The zero-order valence-electron chi connectivity index (χ0n) is 17.2. The fourth-order valence-electron chi connectivity index (χ4n) is 3.23. The number of rotatable bonds is 7. The first-order valence-corrected chi connectivity index (χ1v) is 10.3. The van der Waals surface area contributed by atoms with Crippen molar-refractivity contribution < 1.29 is 23.9 Å². The zero-order chi connectivity index (χ0) is 22.5. The van der Waals surface area contributed by atoms with Crippen LogP contribution in [-0.2, 0) is 20.7 Å². The van der Waals surface area contributed by atoms with Gasteiger partial charge in [0.1, 0.15) is 6.04 Å². The molecule has 1 aliphatic rings. The highest BCUT2D eigenvalue weighted by atomic mass is 35.5. The number of esters is 1. The standard InChI is InChI=1S/C23H23ClN2O5/c1-13(2)21(26-22(29)16-5-3-4-6-17(16)24)23(30)31-12-19(27)15-7-9-18-14(11-15)8-10-20(28)25-18/h3-7,9,11,13,21H,8,10,12H2,1-2H3,(H,25,28)(H,26,29). The Labute approximate surface area is 185 Å². The molecule has 7 nitrogen and oxygen atoms in total. The Bertz CT molecular complexity index is 1030. The van der Waals surface area contributed by atoms with E-state index in [1.165, 1.54) is 0 Å². The van der Waals surface area contributed by atoms with Gasteiger partial charge in [0.15, 0.2) is 12.4 Å². The van der Waals surface area contributed by atoms with E-state index in [0.29, 0.717) is 24.1 Å². The Kier molecular flexibility index (Phi) is 7.07. The Balaban J connectivity index is 1.62. The number of halogens is 1. The predicted molar refractivity (Wildman–Crippen MR) is 116 cm³/mol. The number of carbonyl (C=O) groups excluding carboxylic acids is 4. The highest BCUT2D eigenvalue weighted by molar-refractivity contribution is 6.33. The molecule has 0 radical (unpaired) electrons. The molecular formula is C23H23ClN2O5. The molecule has 2 aromatic rings. The predicted octanol–water partition coefficient (Wildman–Crippen LogP) is 3.41. The lowest BCUT2D eigenvalue weighted by Gasteiger charge is -2.21. The highest BCUT2D eigenvalue weighted by Gasteiger charge is 2.27. The number of amides is 2. The molecule has 0 aliphatic carbocycles. The van der Waals surface area contributed by atoms with E-state index in [-0.39, 0.29) is 28.2 Å². The van der Waals surface area contributed by atoms with E-state index in [4.69, 9.17) is 16.3 Å². The van der Waals surface area contributed by atoms with Crippen molar-refractivity contribution in [3.8, 4) is 0 Å². The van der Waals surface area contributed by atoms with Gasteiger partial charge in [-0.15, -0.1) is 0 Å². The minimum Gasteiger partial charge on any atom is -0.456 e. The molecule has 2 amide bonds. The summed E-state index contributed by atoms with van der Waals surface area (Å²) in [7, 11) is 0. The van der Waals surface area contributed by atoms with Crippen LogP contribution in [0.5, 0.6) is 0 Å². The van der Waals surface area contributed by atoms with Gasteiger partial charge in [-0.1, -0.05) is 37.6 Å². The summed E-state index contributed by atoms with van der Waals surface area (Å²) >= 11 is 6.05. The fourth-order valence-corrected chi connectivity index (χ4v) is 3.45. The van der Waals surface area contributed by atoms with E-state index < -0.39 is 24.5 Å². The number of ketones is 1. The molecule has 1 heterocycles. The number of hydrogen-bond donors (Lipinski definition) is 2. The Morgan fingerprint density at radius 3 is 2.58 bits per heavy atom. The van der Waals surface area contributed by atoms with Crippen LogP contribution >= 0.6 is 11.6 Å². The van der Waals surface area contributed by atoms with Crippen LogP contribution in [-0.4, -0.2) is 36.2 Å². The minimum absolute atomic E-state index is 0.0564. The van der Waals surface area contributed by atoms with Gasteiger partial charge in [0.2, 0.25) is 5.91 Å². The molecule has 2 N–H and O–H groups in total. The van der Waals surface area contributed by atoms with Crippen LogP contribution < -0.4 is 10.6 Å². The van der Waals surface area contributed by atoms with Gasteiger partial charge in [-0.2, -0.15) is 0 Å². The number of ether oxygens (including phenoxy) is 1. The summed E-state index contributed by atoms with van der Waals surface area (Å²) in [4.78, 5) is 49.0. The fraction of sp³-hybridized carbons (Fsp3) is 0.304. The van der Waals surface area contributed by atoms with E-state index in [1.807, 2.05) is 0 Å². The van der Waals surface area contributed by atoms with Crippen molar-refractivity contribution >= 4 is 40.9 Å². The summed E-state index contributed by atoms with van der Waals surface area (Å²) in [6, 6.07) is 10.5. The summed E-state index contributed by atoms with van der Waals surface area (Å²) in [5.41, 5.74) is 2.19. The van der Waals surface area contributed by atoms with Crippen LogP contribution in [0.1, 0.15) is 46.5 Å². The maximum absolute atomic E-state index is 12.6. The summed E-state index contributed by atoms with van der Waals surface area (Å²) in [5, 5.41) is 5.66. The number of hydrogen-bond acceptors (Lipinski definition) is 5. The average molecular weight is 443 g/mol. The van der Waals surface area contributed by atoms with Crippen LogP contribution in [0.4, 0.5) is 5.69 Å². The van der Waals surface area contributed by atoms with Gasteiger partial charge in [0, 0.05) is 17.7 Å². The molecule has 0 aromatic heterocycles. The summed E-state index contributed by atoms with van der Waals surface area (Å²) < 4.78 is 5.20. The topological polar surface area (TPSA) is 102 Å². The maximum Gasteiger partial charge on any atom is 0.329 e. The largest absolute Gasteiger partial charge is 0.456 e. The monoisotopic (exact) mass is 442 g/mol. The van der Waals surface area contributed by atoms with Crippen LogP contribution in [0.15, 0.2) is 42.5 Å². The maximum atomic E-state index is 12.6. The van der Waals surface area contributed by atoms with Crippen molar-refractivity contribution in [2.24, 2.45) is 5.92 Å². The molecule has 2 aromatic carbocycles. The van der Waals surface area contributed by atoms with Gasteiger partial charge in [-0.05, 0) is 48.2 Å². The van der Waals surface area contributed by atoms with Crippen molar-refractivity contribution in [1.29, 1.82) is 0 Å². The second kappa shape index (κ2) is 9.75. The number of carbonyl (C=O) groups is 4. The number of anilines is 1. The van der Waals surface area contributed by atoms with Crippen LogP contribution in [0.2, 0.25) is 5.02 Å². The Morgan fingerprint density at radius 1 is 1.13 bits per heavy atom. The second-order valence-corrected chi connectivity index (χ2v) is 8.03. The third-order valence-electron chi connectivity index (χ3n) is 4.99. The van der Waals surface area contributed by atoms with Crippen LogP contribution in [0, 0.1) is 5.92 Å². The summed E-state index contributed by atoms with van der Waals surface area (Å²) in [5.74, 6) is -1.88. The molecule has 1 atom stereocenters. The quantitative estimate of drug-likeness (QED) is 0.505. The zero-order valence-corrected chi connectivity index (χ0v) is 18.0. The molecule has 162 valence electrons. The van der Waals surface area contributed by atoms with Gasteiger partial charge in [-0.25, -0.2) is 4.79 Å². The minimum atomic E-state index is -0.935. The molecule has 0 bridgehead atoms. The van der Waals surface area contributed by atoms with Gasteiger partial charge in [0.05, 0.1) is 10.6 Å². The van der Waals surface area contributed by atoms with Gasteiger partial charge >= 0.3 is 5.97 Å². The highest BCUT2D eigenvalue weighted by Crippen LogP contribution is 2.24. The number of benzene rings is 2. The summed E-state index contributed by atoms with van der Waals surface area (Å²) in [6.07, 6.45) is 0.909. The lowest BCUT2D eigenvalue weighted by Crippen LogP contribution is -2.45. The smallest absolute Gasteiger partial charge is 0.329 e. The first-order valence-electron chi connectivity index (χ1n) is 9.94. The van der Waals surface area contributed by atoms with Crippen LogP contribution in [0.25, 0.3) is 0 Å². The van der Waals surface area contributed by atoms with Crippen molar-refractivity contribution in [3.63, 3.8) is 0 Å². The van der Waals surface area contributed by atoms with Gasteiger partial charge in [-0.3, -0.25) is 14.4 Å². The molecule has 0 fully saturated rings. The van der Waals surface area contributed by atoms with E-state index in [9.17, 15) is 19.2 Å². The van der Waals surface area contributed by atoms with E-state index >= 15 is 0 Å². The lowest BCUT2D eigenvalue weighted by atomic mass is 9.99. The summed E-state index contributed by atoms with van der Waals surface area (Å²) in [6.45, 7) is 3.08. The molecule has 1 aliphatic heterocycles. The first-order chi connectivity index (χ1) is 14.8. The Hall–Kier alpha value is -3.19. The van der Waals surface area contributed by atoms with Crippen molar-refractivity contribution in [3.05, 3.63) is 64.2 Å². The molecule has 31 heavy (non-hydrogen) atoms. The molecule has 0 saturated carbocycles. The van der Waals surface area contributed by atoms with Crippen molar-refractivity contribution in [2.75, 3.05) is 11.9 Å².